The number of nitrogens with two attached hydrogens (primary N) is 1. The van der Waals surface area contributed by atoms with Gasteiger partial charge in [0.25, 0.3) is 0 Å². The maximum atomic E-state index is 11.5. The predicted molar refractivity (Wildman–Crippen MR) is 75.9 cm³/mol. The summed E-state index contributed by atoms with van der Waals surface area (Å²) in [5.74, 6) is -0.461. The van der Waals surface area contributed by atoms with Crippen LogP contribution >= 0.6 is 0 Å². The highest BCUT2D eigenvalue weighted by Crippen LogP contribution is 2.15. The molecule has 0 aliphatic heterocycles. The number of aromatic nitrogens is 1. The van der Waals surface area contributed by atoms with Gasteiger partial charge in [-0.25, -0.2) is 22.9 Å². The Morgan fingerprint density at radius 1 is 1.45 bits per heavy atom. The van der Waals surface area contributed by atoms with Crippen LogP contribution in [0.15, 0.2) is 12.1 Å². The van der Waals surface area contributed by atoms with Gasteiger partial charge >= 0.3 is 5.97 Å². The summed E-state index contributed by atoms with van der Waals surface area (Å²) >= 11 is 0. The Balaban J connectivity index is 2.70. The summed E-state index contributed by atoms with van der Waals surface area (Å²) in [6.07, 6.45) is 0. The molecule has 0 spiro atoms. The Morgan fingerprint density at radius 3 is 2.75 bits per heavy atom. The van der Waals surface area contributed by atoms with Gasteiger partial charge in [0.15, 0.2) is 5.69 Å². The number of carbonyl (C=O) groups is 1. The molecule has 0 aliphatic rings. The first-order valence-electron chi connectivity index (χ1n) is 5.95. The molecule has 0 unspecified atom stereocenters. The van der Waals surface area contributed by atoms with E-state index in [1.807, 2.05) is 0 Å². The lowest BCUT2D eigenvalue weighted by Gasteiger charge is -2.10. The van der Waals surface area contributed by atoms with Gasteiger partial charge in [-0.15, -0.1) is 0 Å². The van der Waals surface area contributed by atoms with Crippen LogP contribution in [0.25, 0.3) is 0 Å². The molecule has 0 saturated carbocycles. The van der Waals surface area contributed by atoms with Crippen LogP contribution in [0.4, 0.5) is 11.5 Å². The number of nitrogen functional groups attached to an aromatic ring is 1. The molecular weight excluding hydrogens is 284 g/mol. The standard InChI is InChI=1S/C11H18N4O4S/c1-3-14-20(17,18)7-6-13-10-8(12)4-5-9(15-10)11(16)19-2/h4-5,14H,3,6-7,12H2,1-2H3,(H,13,15). The number of methoxy groups -OCH3 is 1. The van der Waals surface area contributed by atoms with Gasteiger partial charge in [0, 0.05) is 13.1 Å². The normalized spacial score (nSPS) is 11.1. The van der Waals surface area contributed by atoms with E-state index in [0.29, 0.717) is 12.2 Å². The van der Waals surface area contributed by atoms with E-state index in [1.165, 1.54) is 19.2 Å². The predicted octanol–water partition coefficient (Wildman–Crippen LogP) is -0.198. The lowest BCUT2D eigenvalue weighted by molar-refractivity contribution is 0.0594. The third kappa shape index (κ3) is 4.67. The Labute approximate surface area is 117 Å². The molecular formula is C11H18N4O4S. The van der Waals surface area contributed by atoms with Crippen molar-refractivity contribution in [3.63, 3.8) is 0 Å². The van der Waals surface area contributed by atoms with Crippen LogP contribution in [-0.4, -0.2) is 45.3 Å². The van der Waals surface area contributed by atoms with E-state index in [4.69, 9.17) is 5.73 Å². The lowest BCUT2D eigenvalue weighted by Crippen LogP contribution is -2.29. The van der Waals surface area contributed by atoms with Crippen LogP contribution in [0.3, 0.4) is 0 Å². The van der Waals surface area contributed by atoms with Gasteiger partial charge in [-0.05, 0) is 12.1 Å². The molecule has 0 aromatic carbocycles. The Bertz CT molecular complexity index is 574. The number of ether oxygens (including phenoxy) is 1. The summed E-state index contributed by atoms with van der Waals surface area (Å²) in [7, 11) is -2.07. The first-order valence-corrected chi connectivity index (χ1v) is 7.61. The van der Waals surface area contributed by atoms with E-state index in [9.17, 15) is 13.2 Å². The minimum Gasteiger partial charge on any atom is -0.464 e. The third-order valence-electron chi connectivity index (χ3n) is 2.35. The molecule has 0 bridgehead atoms. The van der Waals surface area contributed by atoms with Crippen molar-refractivity contribution in [1.82, 2.24) is 9.71 Å². The summed E-state index contributed by atoms with van der Waals surface area (Å²) < 4.78 is 29.8. The minimum atomic E-state index is -3.32. The number of carbonyl (C=O) groups excluding carboxylic acids is 1. The zero-order valence-corrected chi connectivity index (χ0v) is 12.2. The number of esters is 1. The van der Waals surface area contributed by atoms with Crippen LogP contribution in [0.1, 0.15) is 17.4 Å². The van der Waals surface area contributed by atoms with Crippen LogP contribution in [0, 0.1) is 0 Å². The maximum absolute atomic E-state index is 11.5. The molecule has 1 rings (SSSR count). The van der Waals surface area contributed by atoms with Gasteiger partial charge in [-0.3, -0.25) is 0 Å². The van der Waals surface area contributed by atoms with Crippen molar-refractivity contribution >= 4 is 27.5 Å². The van der Waals surface area contributed by atoms with Gasteiger partial charge in [0.2, 0.25) is 10.0 Å². The fourth-order valence-corrected chi connectivity index (χ4v) is 2.38. The SMILES string of the molecule is CCNS(=O)(=O)CCNc1nc(C(=O)OC)ccc1N. The second-order valence-electron chi connectivity index (χ2n) is 3.87. The maximum Gasteiger partial charge on any atom is 0.356 e. The molecule has 0 radical (unpaired) electrons. The molecule has 0 amide bonds. The number of hydrogen-bond acceptors (Lipinski definition) is 7. The Kier molecular flexibility index (Phi) is 5.71. The summed E-state index contributed by atoms with van der Waals surface area (Å²) in [5, 5.41) is 2.78. The molecule has 8 nitrogen and oxygen atoms in total. The summed E-state index contributed by atoms with van der Waals surface area (Å²) in [6, 6.07) is 2.93. The lowest BCUT2D eigenvalue weighted by atomic mass is 10.3. The number of hydrogen-bond donors (Lipinski definition) is 3. The molecule has 0 aliphatic carbocycles. The highest BCUT2D eigenvalue weighted by atomic mass is 32.2. The van der Waals surface area contributed by atoms with Gasteiger partial charge < -0.3 is 15.8 Å². The molecule has 0 atom stereocenters. The van der Waals surface area contributed by atoms with Gasteiger partial charge in [0.05, 0.1) is 18.6 Å². The highest BCUT2D eigenvalue weighted by molar-refractivity contribution is 7.89. The average Bonchev–Trinajstić information content (AvgIpc) is 2.39. The molecule has 112 valence electrons. The number of nitrogens with one attached hydrogen (secondary N) is 2. The fraction of sp³-hybridized carbons (Fsp3) is 0.455. The molecule has 0 saturated heterocycles. The van der Waals surface area contributed by atoms with E-state index >= 15 is 0 Å². The van der Waals surface area contributed by atoms with Crippen LogP contribution in [0.5, 0.6) is 0 Å². The summed E-state index contributed by atoms with van der Waals surface area (Å²) in [6.45, 7) is 2.15. The van der Waals surface area contributed by atoms with Crippen molar-refractivity contribution in [3.8, 4) is 0 Å². The smallest absolute Gasteiger partial charge is 0.356 e. The largest absolute Gasteiger partial charge is 0.464 e. The third-order valence-corrected chi connectivity index (χ3v) is 3.82. The van der Waals surface area contributed by atoms with Crippen molar-refractivity contribution in [3.05, 3.63) is 17.8 Å². The van der Waals surface area contributed by atoms with Crippen LogP contribution < -0.4 is 15.8 Å². The van der Waals surface area contributed by atoms with E-state index in [-0.39, 0.29) is 23.8 Å². The summed E-state index contributed by atoms with van der Waals surface area (Å²) in [5.41, 5.74) is 6.11. The highest BCUT2D eigenvalue weighted by Gasteiger charge is 2.12. The zero-order valence-electron chi connectivity index (χ0n) is 11.3. The number of anilines is 2. The average molecular weight is 302 g/mol. The van der Waals surface area contributed by atoms with Crippen LogP contribution in [0.2, 0.25) is 0 Å². The van der Waals surface area contributed by atoms with Crippen molar-refractivity contribution in [2.45, 2.75) is 6.92 Å². The summed E-state index contributed by atoms with van der Waals surface area (Å²) in [4.78, 5) is 15.3. The van der Waals surface area contributed by atoms with Crippen molar-refractivity contribution < 1.29 is 17.9 Å². The first-order chi connectivity index (χ1) is 9.39. The molecule has 1 heterocycles. The van der Waals surface area contributed by atoms with Gasteiger partial charge in [-0.1, -0.05) is 6.92 Å². The molecule has 0 fully saturated rings. The monoisotopic (exact) mass is 302 g/mol. The van der Waals surface area contributed by atoms with Crippen LogP contribution in [-0.2, 0) is 14.8 Å². The van der Waals surface area contributed by atoms with Gasteiger partial charge in [-0.2, -0.15) is 0 Å². The second kappa shape index (κ2) is 7.06. The van der Waals surface area contributed by atoms with Crippen molar-refractivity contribution in [2.75, 3.05) is 37.0 Å². The quantitative estimate of drug-likeness (QED) is 0.596. The van der Waals surface area contributed by atoms with E-state index < -0.39 is 16.0 Å². The number of pyridine rings is 1. The molecule has 1 aromatic heterocycles. The van der Waals surface area contributed by atoms with E-state index in [1.54, 1.807) is 6.92 Å². The molecule has 9 heteroatoms. The first kappa shape index (κ1) is 16.2. The minimum absolute atomic E-state index is 0.0961. The fourth-order valence-electron chi connectivity index (χ4n) is 1.43. The Morgan fingerprint density at radius 2 is 2.15 bits per heavy atom. The van der Waals surface area contributed by atoms with Crippen molar-refractivity contribution in [2.24, 2.45) is 0 Å². The van der Waals surface area contributed by atoms with E-state index in [0.717, 1.165) is 0 Å². The molecule has 4 N–H and O–H groups in total. The number of nitrogens with zero attached hydrogens (tertiary/aromatic N) is 1. The zero-order chi connectivity index (χ0) is 15.2. The topological polar surface area (TPSA) is 123 Å². The molecule has 1 aromatic rings. The number of sulfonamides is 1. The molecule has 20 heavy (non-hydrogen) atoms. The van der Waals surface area contributed by atoms with Gasteiger partial charge in [0.1, 0.15) is 5.82 Å². The Hall–Kier alpha value is -1.87. The van der Waals surface area contributed by atoms with E-state index in [2.05, 4.69) is 19.8 Å². The number of rotatable bonds is 7. The van der Waals surface area contributed by atoms with Crippen molar-refractivity contribution in [1.29, 1.82) is 0 Å². The second-order valence-corrected chi connectivity index (χ2v) is 5.80.